The molecule has 1 unspecified atom stereocenters. The SMILES string of the molecule is CC(=O)OCCC(C=O)COC(C)=O. The van der Waals surface area contributed by atoms with Gasteiger partial charge < -0.3 is 14.3 Å². The Morgan fingerprint density at radius 3 is 2.21 bits per heavy atom. The van der Waals surface area contributed by atoms with Crippen LogP contribution in [0.2, 0.25) is 0 Å². The molecule has 0 saturated heterocycles. The molecule has 0 radical (unpaired) electrons. The highest BCUT2D eigenvalue weighted by atomic mass is 16.5. The van der Waals surface area contributed by atoms with Gasteiger partial charge in [0, 0.05) is 13.8 Å². The molecule has 0 aliphatic carbocycles. The monoisotopic (exact) mass is 202 g/mol. The van der Waals surface area contributed by atoms with E-state index in [1.54, 1.807) is 0 Å². The molecule has 80 valence electrons. The first-order valence-electron chi connectivity index (χ1n) is 4.28. The molecule has 0 bridgehead atoms. The fourth-order valence-corrected chi connectivity index (χ4v) is 0.769. The molecule has 0 aliphatic rings. The predicted molar refractivity (Wildman–Crippen MR) is 47.4 cm³/mol. The van der Waals surface area contributed by atoms with Crippen molar-refractivity contribution in [2.75, 3.05) is 13.2 Å². The van der Waals surface area contributed by atoms with Crippen LogP contribution in [0.5, 0.6) is 0 Å². The number of hydrogen-bond donors (Lipinski definition) is 0. The molecule has 5 heteroatoms. The Kier molecular flexibility index (Phi) is 6.36. The first-order valence-corrected chi connectivity index (χ1v) is 4.28. The smallest absolute Gasteiger partial charge is 0.302 e. The van der Waals surface area contributed by atoms with Crippen LogP contribution in [-0.4, -0.2) is 31.4 Å². The molecule has 1 atom stereocenters. The van der Waals surface area contributed by atoms with Crippen molar-refractivity contribution >= 4 is 18.2 Å². The van der Waals surface area contributed by atoms with E-state index in [4.69, 9.17) is 0 Å². The van der Waals surface area contributed by atoms with Crippen molar-refractivity contribution in [1.29, 1.82) is 0 Å². The number of carbonyl (C=O) groups excluding carboxylic acids is 3. The van der Waals surface area contributed by atoms with E-state index >= 15 is 0 Å². The molecule has 0 aliphatic heterocycles. The van der Waals surface area contributed by atoms with Gasteiger partial charge >= 0.3 is 11.9 Å². The summed E-state index contributed by atoms with van der Waals surface area (Å²) in [6.07, 6.45) is 1.06. The maximum atomic E-state index is 10.5. The molecule has 0 N–H and O–H groups in total. The van der Waals surface area contributed by atoms with E-state index in [9.17, 15) is 14.4 Å². The van der Waals surface area contributed by atoms with Crippen molar-refractivity contribution in [3.8, 4) is 0 Å². The van der Waals surface area contributed by atoms with Crippen molar-refractivity contribution < 1.29 is 23.9 Å². The van der Waals surface area contributed by atoms with Crippen molar-refractivity contribution in [3.63, 3.8) is 0 Å². The van der Waals surface area contributed by atoms with Crippen LogP contribution in [0, 0.1) is 5.92 Å². The lowest BCUT2D eigenvalue weighted by atomic mass is 10.1. The normalized spacial score (nSPS) is 11.6. The van der Waals surface area contributed by atoms with Crippen LogP contribution in [0.4, 0.5) is 0 Å². The Bertz CT molecular complexity index is 211. The molecular formula is C9H14O5. The molecule has 0 aromatic heterocycles. The molecule has 0 heterocycles. The summed E-state index contributed by atoms with van der Waals surface area (Å²) in [7, 11) is 0. The second-order valence-electron chi connectivity index (χ2n) is 2.83. The highest BCUT2D eigenvalue weighted by Gasteiger charge is 2.09. The molecule has 0 aromatic carbocycles. The third-order valence-electron chi connectivity index (χ3n) is 1.49. The van der Waals surface area contributed by atoms with Crippen LogP contribution in [0.15, 0.2) is 0 Å². The fourth-order valence-electron chi connectivity index (χ4n) is 0.769. The summed E-state index contributed by atoms with van der Waals surface area (Å²) >= 11 is 0. The van der Waals surface area contributed by atoms with E-state index in [0.29, 0.717) is 12.7 Å². The van der Waals surface area contributed by atoms with Crippen LogP contribution in [0.25, 0.3) is 0 Å². The maximum absolute atomic E-state index is 10.5. The van der Waals surface area contributed by atoms with Gasteiger partial charge in [0.25, 0.3) is 0 Å². The maximum Gasteiger partial charge on any atom is 0.302 e. The zero-order valence-corrected chi connectivity index (χ0v) is 8.32. The lowest BCUT2D eigenvalue weighted by Gasteiger charge is -2.09. The Balaban J connectivity index is 3.63. The largest absolute Gasteiger partial charge is 0.466 e. The van der Waals surface area contributed by atoms with Crippen molar-refractivity contribution in [2.45, 2.75) is 20.3 Å². The van der Waals surface area contributed by atoms with Gasteiger partial charge in [0.15, 0.2) is 0 Å². The standard InChI is InChI=1S/C9H14O5/c1-7(11)13-4-3-9(5-10)6-14-8(2)12/h5,9H,3-4,6H2,1-2H3. The lowest BCUT2D eigenvalue weighted by Crippen LogP contribution is -2.16. The van der Waals surface area contributed by atoms with Crippen LogP contribution >= 0.6 is 0 Å². The van der Waals surface area contributed by atoms with Gasteiger partial charge in [0.05, 0.1) is 12.5 Å². The number of esters is 2. The Hall–Kier alpha value is -1.39. The lowest BCUT2D eigenvalue weighted by molar-refractivity contribution is -0.145. The average Bonchev–Trinajstić information content (AvgIpc) is 2.10. The predicted octanol–water partition coefficient (Wildman–Crippen LogP) is 0.318. The zero-order chi connectivity index (χ0) is 11.0. The third-order valence-corrected chi connectivity index (χ3v) is 1.49. The van der Waals surface area contributed by atoms with Gasteiger partial charge in [-0.3, -0.25) is 9.59 Å². The first kappa shape index (κ1) is 12.6. The minimum absolute atomic E-state index is 0.0418. The van der Waals surface area contributed by atoms with Crippen LogP contribution < -0.4 is 0 Å². The third kappa shape index (κ3) is 7.27. The molecule has 0 spiro atoms. The topological polar surface area (TPSA) is 69.7 Å². The van der Waals surface area contributed by atoms with E-state index in [0.717, 1.165) is 0 Å². The molecule has 0 aromatic rings. The van der Waals surface area contributed by atoms with Gasteiger partial charge in [-0.25, -0.2) is 0 Å². The molecule has 0 amide bonds. The number of carbonyl (C=O) groups is 3. The number of aldehydes is 1. The van der Waals surface area contributed by atoms with Gasteiger partial charge in [-0.05, 0) is 6.42 Å². The summed E-state index contributed by atoms with van der Waals surface area (Å²) in [5, 5.41) is 0. The van der Waals surface area contributed by atoms with E-state index in [-0.39, 0.29) is 19.2 Å². The minimum atomic E-state index is -0.427. The van der Waals surface area contributed by atoms with Gasteiger partial charge in [0.2, 0.25) is 0 Å². The molecular weight excluding hydrogens is 188 g/mol. The van der Waals surface area contributed by atoms with E-state index in [2.05, 4.69) is 9.47 Å². The second kappa shape index (κ2) is 7.06. The van der Waals surface area contributed by atoms with Crippen LogP contribution in [-0.2, 0) is 23.9 Å². The molecule has 0 rings (SSSR count). The molecule has 14 heavy (non-hydrogen) atoms. The first-order chi connectivity index (χ1) is 6.56. The summed E-state index contributed by atoms with van der Waals surface area (Å²) in [5.41, 5.74) is 0. The van der Waals surface area contributed by atoms with Gasteiger partial charge in [0.1, 0.15) is 12.9 Å². The number of hydrogen-bond acceptors (Lipinski definition) is 5. The number of ether oxygens (including phenoxy) is 2. The number of rotatable bonds is 6. The van der Waals surface area contributed by atoms with Gasteiger partial charge in [-0.2, -0.15) is 0 Å². The van der Waals surface area contributed by atoms with Gasteiger partial charge in [-0.15, -0.1) is 0 Å². The van der Waals surface area contributed by atoms with E-state index < -0.39 is 11.9 Å². The fraction of sp³-hybridized carbons (Fsp3) is 0.667. The van der Waals surface area contributed by atoms with E-state index in [1.807, 2.05) is 0 Å². The van der Waals surface area contributed by atoms with E-state index in [1.165, 1.54) is 13.8 Å². The Morgan fingerprint density at radius 1 is 1.21 bits per heavy atom. The summed E-state index contributed by atoms with van der Waals surface area (Å²) in [6.45, 7) is 2.77. The highest BCUT2D eigenvalue weighted by molar-refractivity contribution is 5.66. The van der Waals surface area contributed by atoms with Crippen LogP contribution in [0.1, 0.15) is 20.3 Å². The summed E-state index contributed by atoms with van der Waals surface area (Å²) in [4.78, 5) is 31.3. The average molecular weight is 202 g/mol. The van der Waals surface area contributed by atoms with Crippen molar-refractivity contribution in [2.24, 2.45) is 5.92 Å². The summed E-state index contributed by atoms with van der Waals surface area (Å²) in [5.74, 6) is -1.22. The molecule has 5 nitrogen and oxygen atoms in total. The van der Waals surface area contributed by atoms with Crippen molar-refractivity contribution in [1.82, 2.24) is 0 Å². The minimum Gasteiger partial charge on any atom is -0.466 e. The summed E-state index contributed by atoms with van der Waals surface area (Å²) < 4.78 is 9.28. The van der Waals surface area contributed by atoms with Crippen molar-refractivity contribution in [3.05, 3.63) is 0 Å². The quantitative estimate of drug-likeness (QED) is 0.458. The highest BCUT2D eigenvalue weighted by Crippen LogP contribution is 2.01. The Labute approximate surface area is 82.4 Å². The molecule has 0 fully saturated rings. The summed E-state index contributed by atoms with van der Waals surface area (Å²) in [6, 6.07) is 0. The van der Waals surface area contributed by atoms with Gasteiger partial charge in [-0.1, -0.05) is 0 Å². The molecule has 0 saturated carbocycles. The zero-order valence-electron chi connectivity index (χ0n) is 8.32. The van der Waals surface area contributed by atoms with Crippen LogP contribution in [0.3, 0.4) is 0 Å². The Morgan fingerprint density at radius 2 is 1.79 bits per heavy atom. The second-order valence-corrected chi connectivity index (χ2v) is 2.83.